The van der Waals surface area contributed by atoms with Gasteiger partial charge in [-0.05, 0) is 43.9 Å². The lowest BCUT2D eigenvalue weighted by atomic mass is 9.98. The van der Waals surface area contributed by atoms with Crippen LogP contribution >= 0.6 is 0 Å². The summed E-state index contributed by atoms with van der Waals surface area (Å²) in [4.78, 5) is 2.38. The average molecular weight is 205 g/mol. The molecule has 0 aromatic heterocycles. The van der Waals surface area contributed by atoms with Crippen LogP contribution in [0.5, 0.6) is 0 Å². The molecule has 1 aromatic carbocycles. The van der Waals surface area contributed by atoms with Crippen molar-refractivity contribution in [2.45, 2.75) is 40.0 Å². The molecule has 1 heteroatoms. The van der Waals surface area contributed by atoms with Gasteiger partial charge >= 0.3 is 0 Å². The van der Waals surface area contributed by atoms with E-state index in [1.807, 2.05) is 0 Å². The van der Waals surface area contributed by atoms with Crippen LogP contribution in [0.4, 0.5) is 5.69 Å². The number of hydrogen-bond acceptors (Lipinski definition) is 1. The molecule has 0 amide bonds. The smallest absolute Gasteiger partial charge is 0.0366 e. The maximum atomic E-state index is 2.38. The van der Waals surface area contributed by atoms with Crippen molar-refractivity contribution in [2.75, 3.05) is 18.0 Å². The summed E-state index contributed by atoms with van der Waals surface area (Å²) in [5, 5.41) is 0. The molecule has 1 unspecified atom stereocenters. The van der Waals surface area contributed by atoms with Gasteiger partial charge in [-0.1, -0.05) is 26.0 Å². The highest BCUT2D eigenvalue weighted by atomic mass is 15.1. The van der Waals surface area contributed by atoms with Gasteiger partial charge in [0.25, 0.3) is 0 Å². The van der Waals surface area contributed by atoms with Crippen LogP contribution in [0.2, 0.25) is 0 Å². The van der Waals surface area contributed by atoms with Crippen molar-refractivity contribution >= 4 is 5.69 Å². The van der Waals surface area contributed by atoms with Crippen LogP contribution in [-0.4, -0.2) is 13.1 Å². The Kier molecular flexibility index (Phi) is 4.67. The Morgan fingerprint density at radius 1 is 1.00 bits per heavy atom. The second-order valence-electron chi connectivity index (χ2n) is 4.07. The van der Waals surface area contributed by atoms with E-state index in [0.717, 1.165) is 13.1 Å². The van der Waals surface area contributed by atoms with E-state index in [0.29, 0.717) is 5.92 Å². The monoisotopic (exact) mass is 205 g/mol. The van der Waals surface area contributed by atoms with Crippen LogP contribution in [0.1, 0.15) is 45.6 Å². The van der Waals surface area contributed by atoms with Gasteiger partial charge < -0.3 is 4.90 Å². The van der Waals surface area contributed by atoms with Gasteiger partial charge in [0.05, 0.1) is 0 Å². The molecule has 0 bridgehead atoms. The summed E-state index contributed by atoms with van der Waals surface area (Å²) in [5.41, 5.74) is 2.79. The first-order valence-electron chi connectivity index (χ1n) is 6.07. The summed E-state index contributed by atoms with van der Waals surface area (Å²) in [6.07, 6.45) is 1.21. The first kappa shape index (κ1) is 12.1. The van der Waals surface area contributed by atoms with Crippen molar-refractivity contribution in [3.8, 4) is 0 Å². The van der Waals surface area contributed by atoms with Crippen molar-refractivity contribution in [3.05, 3.63) is 29.8 Å². The van der Waals surface area contributed by atoms with Gasteiger partial charge in [-0.15, -0.1) is 0 Å². The van der Waals surface area contributed by atoms with Gasteiger partial charge in [0.2, 0.25) is 0 Å². The Morgan fingerprint density at radius 3 is 1.93 bits per heavy atom. The Morgan fingerprint density at radius 2 is 1.53 bits per heavy atom. The van der Waals surface area contributed by atoms with Crippen molar-refractivity contribution in [1.29, 1.82) is 0 Å². The lowest BCUT2D eigenvalue weighted by Crippen LogP contribution is -2.21. The molecular formula is C14H23N. The molecular weight excluding hydrogens is 182 g/mol. The third-order valence-corrected chi connectivity index (χ3v) is 3.20. The highest BCUT2D eigenvalue weighted by molar-refractivity contribution is 5.47. The second kappa shape index (κ2) is 5.79. The topological polar surface area (TPSA) is 3.24 Å². The summed E-state index contributed by atoms with van der Waals surface area (Å²) < 4.78 is 0. The fourth-order valence-corrected chi connectivity index (χ4v) is 1.84. The molecule has 0 saturated carbocycles. The molecule has 15 heavy (non-hydrogen) atoms. The third-order valence-electron chi connectivity index (χ3n) is 3.20. The summed E-state index contributed by atoms with van der Waals surface area (Å²) in [6, 6.07) is 9.02. The second-order valence-corrected chi connectivity index (χ2v) is 4.07. The van der Waals surface area contributed by atoms with Crippen molar-refractivity contribution in [3.63, 3.8) is 0 Å². The largest absolute Gasteiger partial charge is 0.372 e. The number of anilines is 1. The molecule has 0 spiro atoms. The van der Waals surface area contributed by atoms with E-state index < -0.39 is 0 Å². The molecule has 1 nitrogen and oxygen atoms in total. The lowest BCUT2D eigenvalue weighted by Gasteiger charge is -2.21. The Labute approximate surface area is 94.1 Å². The summed E-state index contributed by atoms with van der Waals surface area (Å²) in [6.45, 7) is 11.1. The van der Waals surface area contributed by atoms with Crippen LogP contribution in [0, 0.1) is 0 Å². The Bertz CT molecular complexity index is 272. The molecule has 0 radical (unpaired) electrons. The zero-order chi connectivity index (χ0) is 11.3. The molecule has 0 saturated heterocycles. The van der Waals surface area contributed by atoms with E-state index in [2.05, 4.69) is 56.9 Å². The molecule has 0 aliphatic heterocycles. The normalized spacial score (nSPS) is 12.5. The molecule has 1 rings (SSSR count). The average Bonchev–Trinajstić information content (AvgIpc) is 2.30. The predicted octanol–water partition coefficient (Wildman–Crippen LogP) is 4.05. The highest BCUT2D eigenvalue weighted by Gasteiger charge is 2.04. The highest BCUT2D eigenvalue weighted by Crippen LogP contribution is 2.22. The first-order chi connectivity index (χ1) is 7.22. The number of nitrogens with zero attached hydrogens (tertiary/aromatic N) is 1. The minimum Gasteiger partial charge on any atom is -0.372 e. The van der Waals surface area contributed by atoms with E-state index in [-0.39, 0.29) is 0 Å². The molecule has 0 fully saturated rings. The van der Waals surface area contributed by atoms with E-state index in [9.17, 15) is 0 Å². The maximum Gasteiger partial charge on any atom is 0.0366 e. The maximum absolute atomic E-state index is 2.38. The number of rotatable bonds is 5. The van der Waals surface area contributed by atoms with E-state index in [4.69, 9.17) is 0 Å². The van der Waals surface area contributed by atoms with Crippen molar-refractivity contribution in [1.82, 2.24) is 0 Å². The van der Waals surface area contributed by atoms with Crippen LogP contribution in [0.15, 0.2) is 24.3 Å². The van der Waals surface area contributed by atoms with Crippen LogP contribution in [0.3, 0.4) is 0 Å². The zero-order valence-electron chi connectivity index (χ0n) is 10.5. The standard InChI is InChI=1S/C14H23N/c1-5-12(4)13-8-10-14(11-9-13)15(6-2)7-3/h8-12H,5-7H2,1-4H3. The van der Waals surface area contributed by atoms with E-state index in [1.54, 1.807) is 0 Å². The van der Waals surface area contributed by atoms with Gasteiger partial charge in [0.15, 0.2) is 0 Å². The zero-order valence-corrected chi connectivity index (χ0v) is 10.5. The molecule has 0 N–H and O–H groups in total. The fraction of sp³-hybridized carbons (Fsp3) is 0.571. The van der Waals surface area contributed by atoms with Crippen LogP contribution in [-0.2, 0) is 0 Å². The molecule has 0 heterocycles. The first-order valence-corrected chi connectivity index (χ1v) is 6.07. The minimum atomic E-state index is 0.677. The molecule has 1 atom stereocenters. The Hall–Kier alpha value is -0.980. The Balaban J connectivity index is 2.79. The van der Waals surface area contributed by atoms with E-state index in [1.165, 1.54) is 17.7 Å². The molecule has 84 valence electrons. The minimum absolute atomic E-state index is 0.677. The summed E-state index contributed by atoms with van der Waals surface area (Å²) in [5.74, 6) is 0.677. The summed E-state index contributed by atoms with van der Waals surface area (Å²) >= 11 is 0. The molecule has 0 aliphatic rings. The van der Waals surface area contributed by atoms with Gasteiger partial charge in [-0.2, -0.15) is 0 Å². The van der Waals surface area contributed by atoms with Crippen LogP contribution in [0.25, 0.3) is 0 Å². The number of benzene rings is 1. The summed E-state index contributed by atoms with van der Waals surface area (Å²) in [7, 11) is 0. The van der Waals surface area contributed by atoms with Crippen LogP contribution < -0.4 is 4.90 Å². The van der Waals surface area contributed by atoms with Gasteiger partial charge in [-0.3, -0.25) is 0 Å². The van der Waals surface area contributed by atoms with E-state index >= 15 is 0 Å². The fourth-order valence-electron chi connectivity index (χ4n) is 1.84. The predicted molar refractivity (Wildman–Crippen MR) is 68.7 cm³/mol. The van der Waals surface area contributed by atoms with Crippen molar-refractivity contribution < 1.29 is 0 Å². The molecule has 1 aromatic rings. The van der Waals surface area contributed by atoms with Gasteiger partial charge in [0, 0.05) is 18.8 Å². The number of hydrogen-bond donors (Lipinski definition) is 0. The SMILES string of the molecule is CCC(C)c1ccc(N(CC)CC)cc1. The molecule has 0 aliphatic carbocycles. The quantitative estimate of drug-likeness (QED) is 0.701. The van der Waals surface area contributed by atoms with Gasteiger partial charge in [-0.25, -0.2) is 0 Å². The lowest BCUT2D eigenvalue weighted by molar-refractivity contribution is 0.733. The van der Waals surface area contributed by atoms with Crippen molar-refractivity contribution in [2.24, 2.45) is 0 Å². The van der Waals surface area contributed by atoms with Gasteiger partial charge in [0.1, 0.15) is 0 Å². The third kappa shape index (κ3) is 2.98.